The summed E-state index contributed by atoms with van der Waals surface area (Å²) in [6.45, 7) is 4.19. The number of hydrogen-bond acceptors (Lipinski definition) is 5. The van der Waals surface area contributed by atoms with Crippen LogP contribution in [0.3, 0.4) is 0 Å². The van der Waals surface area contributed by atoms with Gasteiger partial charge in [0.05, 0.1) is 0 Å². The molecule has 2 aromatic heterocycles. The van der Waals surface area contributed by atoms with Crippen LogP contribution in [0.1, 0.15) is 19.5 Å². The first-order valence-electron chi connectivity index (χ1n) is 6.35. The fourth-order valence-corrected chi connectivity index (χ4v) is 2.44. The normalized spacial score (nSPS) is 10.7. The highest BCUT2D eigenvalue weighted by Gasteiger charge is 2.01. The molecule has 4 nitrogen and oxygen atoms in total. The summed E-state index contributed by atoms with van der Waals surface area (Å²) in [5.74, 6) is 1.85. The zero-order chi connectivity index (χ0) is 13.5. The molecule has 0 aliphatic carbocycles. The van der Waals surface area contributed by atoms with Crippen molar-refractivity contribution in [2.24, 2.45) is 0 Å². The molecule has 5 heteroatoms. The van der Waals surface area contributed by atoms with E-state index in [0.717, 1.165) is 28.7 Å². The van der Waals surface area contributed by atoms with Gasteiger partial charge < -0.3 is 5.32 Å². The summed E-state index contributed by atoms with van der Waals surface area (Å²) < 4.78 is 0. The van der Waals surface area contributed by atoms with Crippen LogP contribution in [0.2, 0.25) is 0 Å². The summed E-state index contributed by atoms with van der Waals surface area (Å²) in [5, 5.41) is 4.27. The van der Waals surface area contributed by atoms with Crippen molar-refractivity contribution < 1.29 is 0 Å². The van der Waals surface area contributed by atoms with Crippen molar-refractivity contribution in [2.45, 2.75) is 31.3 Å². The minimum atomic E-state index is 0.376. The van der Waals surface area contributed by atoms with Crippen LogP contribution in [0.15, 0.2) is 41.8 Å². The lowest BCUT2D eigenvalue weighted by Crippen LogP contribution is -2.11. The van der Waals surface area contributed by atoms with Crippen LogP contribution < -0.4 is 5.32 Å². The first-order chi connectivity index (χ1) is 9.24. The fourth-order valence-electron chi connectivity index (χ4n) is 1.60. The molecule has 0 aliphatic heterocycles. The first-order valence-corrected chi connectivity index (χ1v) is 7.34. The third-order valence-corrected chi connectivity index (χ3v) is 3.34. The highest BCUT2D eigenvalue weighted by molar-refractivity contribution is 7.99. The van der Waals surface area contributed by atoms with Crippen LogP contribution in [-0.4, -0.2) is 26.7 Å². The topological polar surface area (TPSA) is 50.7 Å². The van der Waals surface area contributed by atoms with Gasteiger partial charge in [0, 0.05) is 29.8 Å². The number of thioether (sulfide) groups is 1. The second-order valence-corrected chi connectivity index (χ2v) is 5.58. The fraction of sp³-hybridized carbons (Fsp3) is 0.357. The van der Waals surface area contributed by atoms with E-state index in [0.29, 0.717) is 6.04 Å². The molecule has 0 bridgehead atoms. The van der Waals surface area contributed by atoms with Gasteiger partial charge in [0.1, 0.15) is 17.2 Å². The minimum Gasteiger partial charge on any atom is -0.368 e. The Morgan fingerprint density at radius 3 is 2.84 bits per heavy atom. The molecule has 2 aromatic rings. The predicted molar refractivity (Wildman–Crippen MR) is 79.5 cm³/mol. The Bertz CT molecular complexity index is 502. The summed E-state index contributed by atoms with van der Waals surface area (Å²) >= 11 is 1.73. The number of nitrogens with one attached hydrogen (secondary N) is 1. The molecule has 0 saturated carbocycles. The molecule has 0 aromatic carbocycles. The average Bonchev–Trinajstić information content (AvgIpc) is 2.40. The van der Waals surface area contributed by atoms with Crippen LogP contribution in [0.25, 0.3) is 0 Å². The Hall–Kier alpha value is -1.62. The number of anilines is 1. The summed E-state index contributed by atoms with van der Waals surface area (Å²) in [5.41, 5.74) is 1.12. The Morgan fingerprint density at radius 2 is 2.11 bits per heavy atom. The lowest BCUT2D eigenvalue weighted by molar-refractivity contribution is 0.880. The molecule has 0 atom stereocenters. The van der Waals surface area contributed by atoms with Gasteiger partial charge in [0.2, 0.25) is 0 Å². The van der Waals surface area contributed by atoms with E-state index in [2.05, 4.69) is 34.1 Å². The molecule has 2 rings (SSSR count). The van der Waals surface area contributed by atoms with Gasteiger partial charge in [-0.25, -0.2) is 9.97 Å². The molecule has 0 radical (unpaired) electrons. The predicted octanol–water partition coefficient (Wildman–Crippen LogP) is 3.03. The molecule has 2 heterocycles. The Labute approximate surface area is 118 Å². The molecular weight excluding hydrogens is 256 g/mol. The van der Waals surface area contributed by atoms with Gasteiger partial charge in [-0.2, -0.15) is 0 Å². The van der Waals surface area contributed by atoms with E-state index in [4.69, 9.17) is 0 Å². The van der Waals surface area contributed by atoms with Gasteiger partial charge in [-0.15, -0.1) is 11.8 Å². The zero-order valence-corrected chi connectivity index (χ0v) is 12.0. The van der Waals surface area contributed by atoms with Crippen LogP contribution >= 0.6 is 11.8 Å². The Morgan fingerprint density at radius 1 is 1.21 bits per heavy atom. The average molecular weight is 274 g/mol. The van der Waals surface area contributed by atoms with Gasteiger partial charge >= 0.3 is 0 Å². The minimum absolute atomic E-state index is 0.376. The lowest BCUT2D eigenvalue weighted by Gasteiger charge is -2.09. The van der Waals surface area contributed by atoms with Crippen molar-refractivity contribution in [1.82, 2.24) is 15.0 Å². The van der Waals surface area contributed by atoms with Crippen molar-refractivity contribution in [3.8, 4) is 0 Å². The van der Waals surface area contributed by atoms with E-state index in [1.54, 1.807) is 18.1 Å². The van der Waals surface area contributed by atoms with E-state index in [1.165, 1.54) is 0 Å². The van der Waals surface area contributed by atoms with Gasteiger partial charge in [-0.3, -0.25) is 4.98 Å². The smallest absolute Gasteiger partial charge is 0.130 e. The Balaban J connectivity index is 1.86. The summed E-state index contributed by atoms with van der Waals surface area (Å²) in [6.07, 6.45) is 4.38. The molecule has 19 heavy (non-hydrogen) atoms. The van der Waals surface area contributed by atoms with E-state index in [9.17, 15) is 0 Å². The van der Waals surface area contributed by atoms with Crippen molar-refractivity contribution >= 4 is 17.6 Å². The molecule has 0 saturated heterocycles. The van der Waals surface area contributed by atoms with Crippen molar-refractivity contribution in [1.29, 1.82) is 0 Å². The van der Waals surface area contributed by atoms with Crippen molar-refractivity contribution in [3.05, 3.63) is 42.5 Å². The second kappa shape index (κ2) is 7.09. The van der Waals surface area contributed by atoms with E-state index < -0.39 is 0 Å². The molecular formula is C14H18N4S. The molecule has 0 spiro atoms. The van der Waals surface area contributed by atoms with Gasteiger partial charge in [-0.05, 0) is 32.4 Å². The maximum atomic E-state index is 4.31. The number of hydrogen-bond donors (Lipinski definition) is 1. The maximum absolute atomic E-state index is 4.31. The summed E-state index contributed by atoms with van der Waals surface area (Å²) in [6, 6.07) is 8.36. The van der Waals surface area contributed by atoms with E-state index in [1.807, 2.05) is 30.5 Å². The number of nitrogens with zero attached hydrogens (tertiary/aromatic N) is 3. The van der Waals surface area contributed by atoms with Crippen LogP contribution in [-0.2, 0) is 6.42 Å². The molecule has 100 valence electrons. The number of rotatable bonds is 6. The summed E-state index contributed by atoms with van der Waals surface area (Å²) in [7, 11) is 0. The third-order valence-electron chi connectivity index (χ3n) is 2.41. The highest BCUT2D eigenvalue weighted by atomic mass is 32.2. The molecule has 0 amide bonds. The van der Waals surface area contributed by atoms with Gasteiger partial charge in [-0.1, -0.05) is 6.07 Å². The largest absolute Gasteiger partial charge is 0.368 e. The molecule has 1 N–H and O–H groups in total. The Kier molecular flexibility index (Phi) is 5.15. The molecule has 0 unspecified atom stereocenters. The highest BCUT2D eigenvalue weighted by Crippen LogP contribution is 2.18. The number of aromatic nitrogens is 3. The SMILES string of the molecule is CC(C)Nc1cc(SCCc2ccccn2)ncn1. The third kappa shape index (κ3) is 4.87. The van der Waals surface area contributed by atoms with E-state index >= 15 is 0 Å². The molecule has 0 aliphatic rings. The van der Waals surface area contributed by atoms with Crippen LogP contribution in [0, 0.1) is 0 Å². The van der Waals surface area contributed by atoms with E-state index in [-0.39, 0.29) is 0 Å². The zero-order valence-electron chi connectivity index (χ0n) is 11.2. The number of pyridine rings is 1. The van der Waals surface area contributed by atoms with Gasteiger partial charge in [0.15, 0.2) is 0 Å². The lowest BCUT2D eigenvalue weighted by atomic mass is 10.3. The summed E-state index contributed by atoms with van der Waals surface area (Å²) in [4.78, 5) is 12.8. The quantitative estimate of drug-likeness (QED) is 0.648. The molecule has 0 fully saturated rings. The van der Waals surface area contributed by atoms with Crippen LogP contribution in [0.4, 0.5) is 5.82 Å². The maximum Gasteiger partial charge on any atom is 0.130 e. The standard InChI is InChI=1S/C14H18N4S/c1-11(2)18-13-9-14(17-10-16-13)19-8-6-12-5-3-4-7-15-12/h3-5,7,9-11H,6,8H2,1-2H3,(H,16,17,18). The van der Waals surface area contributed by atoms with Gasteiger partial charge in [0.25, 0.3) is 0 Å². The monoisotopic (exact) mass is 274 g/mol. The van der Waals surface area contributed by atoms with Crippen molar-refractivity contribution in [3.63, 3.8) is 0 Å². The van der Waals surface area contributed by atoms with Crippen LogP contribution in [0.5, 0.6) is 0 Å². The number of aryl methyl sites for hydroxylation is 1. The van der Waals surface area contributed by atoms with Crippen molar-refractivity contribution in [2.75, 3.05) is 11.1 Å². The second-order valence-electron chi connectivity index (χ2n) is 4.46. The first kappa shape index (κ1) is 13.8.